The number of aromatic nitrogens is 8. The predicted molar refractivity (Wildman–Crippen MR) is 165 cm³/mol. The first-order valence-corrected chi connectivity index (χ1v) is 15.0. The van der Waals surface area contributed by atoms with E-state index in [9.17, 15) is 9.90 Å². The zero-order chi connectivity index (χ0) is 26.3. The van der Waals surface area contributed by atoms with Crippen molar-refractivity contribution < 1.29 is 9.90 Å². The van der Waals surface area contributed by atoms with Gasteiger partial charge in [0.15, 0.2) is 6.29 Å². The maximum Gasteiger partial charge on any atom is 0.154 e. The third-order valence-electron chi connectivity index (χ3n) is 4.47. The van der Waals surface area contributed by atoms with Gasteiger partial charge in [0, 0.05) is 50.7 Å². The maximum absolute atomic E-state index is 10.3. The number of aryl methyl sites for hydroxylation is 4. The van der Waals surface area contributed by atoms with Crippen molar-refractivity contribution in [3.05, 3.63) is 61.7 Å². The highest BCUT2D eigenvalue weighted by Gasteiger charge is 2.21. The highest BCUT2D eigenvalue weighted by atomic mass is 127. The third kappa shape index (κ3) is 8.30. The van der Waals surface area contributed by atoms with Gasteiger partial charge in [-0.3, -0.25) is 23.5 Å². The molecule has 1 unspecified atom stereocenters. The summed E-state index contributed by atoms with van der Waals surface area (Å²) < 4.78 is 11.6. The third-order valence-corrected chi connectivity index (χ3v) is 9.38. The molecule has 0 fully saturated rings. The van der Waals surface area contributed by atoms with E-state index >= 15 is 0 Å². The lowest BCUT2D eigenvalue weighted by Gasteiger charge is -2.08. The fourth-order valence-corrected chi connectivity index (χ4v) is 5.64. The van der Waals surface area contributed by atoms with Crippen LogP contribution in [0.3, 0.4) is 0 Å². The number of carbonyl (C=O) groups excluding carboxylic acids is 1. The summed E-state index contributed by atoms with van der Waals surface area (Å²) in [7, 11) is 3.62. The van der Waals surface area contributed by atoms with E-state index in [1.807, 2.05) is 53.6 Å². The molecule has 0 aromatic carbocycles. The number of carbonyl (C=O) groups is 1. The fourth-order valence-electron chi connectivity index (χ4n) is 2.75. The van der Waals surface area contributed by atoms with Gasteiger partial charge >= 0.3 is 0 Å². The Kier molecular flexibility index (Phi) is 12.8. The molecular weight excluding hydrogens is 925 g/mol. The van der Waals surface area contributed by atoms with E-state index in [1.165, 1.54) is 0 Å². The van der Waals surface area contributed by atoms with Gasteiger partial charge in [0.2, 0.25) is 0 Å². The van der Waals surface area contributed by atoms with E-state index in [0.717, 1.165) is 50.7 Å². The number of aldehydes is 1. The molecule has 0 saturated heterocycles. The first-order chi connectivity index (χ1) is 16.5. The second-order valence-electron chi connectivity index (χ2n) is 6.92. The van der Waals surface area contributed by atoms with Gasteiger partial charge in [-0.25, -0.2) is 0 Å². The number of aliphatic hydroxyl groups excluding tert-OH is 1. The van der Waals surface area contributed by atoms with Gasteiger partial charge in [-0.15, -0.1) is 0 Å². The van der Waals surface area contributed by atoms with Gasteiger partial charge in [-0.05, 0) is 113 Å². The SMILES string of the molecule is CCn1ncc(C(O)c2cn(C)nc2I)c1Br.CCn1ncc(I)c1Br.Cn1cc(C=O)c(I)n1. The van der Waals surface area contributed by atoms with Gasteiger partial charge < -0.3 is 5.11 Å². The van der Waals surface area contributed by atoms with Gasteiger partial charge in [0.25, 0.3) is 0 Å². The molecule has 1 atom stereocenters. The van der Waals surface area contributed by atoms with Crippen LogP contribution in [0.1, 0.15) is 41.4 Å². The van der Waals surface area contributed by atoms with Crippen LogP contribution < -0.4 is 0 Å². The number of nitrogens with zero attached hydrogens (tertiary/aromatic N) is 8. The molecule has 0 bridgehead atoms. The van der Waals surface area contributed by atoms with Crippen LogP contribution in [0.2, 0.25) is 0 Å². The van der Waals surface area contributed by atoms with Crippen LogP contribution in [-0.4, -0.2) is 50.5 Å². The lowest BCUT2D eigenvalue weighted by atomic mass is 10.1. The van der Waals surface area contributed by atoms with Crippen LogP contribution in [0.25, 0.3) is 0 Å². The molecule has 4 aromatic rings. The molecule has 1 N–H and O–H groups in total. The molecule has 0 amide bonds. The van der Waals surface area contributed by atoms with Crippen LogP contribution in [0.15, 0.2) is 34.0 Å². The predicted octanol–water partition coefficient (Wildman–Crippen LogP) is 5.19. The van der Waals surface area contributed by atoms with E-state index in [-0.39, 0.29) is 0 Å². The second kappa shape index (κ2) is 14.5. The Morgan fingerprint density at radius 2 is 1.46 bits per heavy atom. The molecule has 0 aliphatic heterocycles. The minimum Gasteiger partial charge on any atom is -0.383 e. The van der Waals surface area contributed by atoms with E-state index in [4.69, 9.17) is 0 Å². The lowest BCUT2D eigenvalue weighted by Crippen LogP contribution is -2.02. The number of rotatable bonds is 5. The smallest absolute Gasteiger partial charge is 0.154 e. The molecule has 35 heavy (non-hydrogen) atoms. The van der Waals surface area contributed by atoms with Crippen molar-refractivity contribution in [2.75, 3.05) is 0 Å². The monoisotopic (exact) mass is 946 g/mol. The van der Waals surface area contributed by atoms with Crippen molar-refractivity contribution in [2.24, 2.45) is 14.1 Å². The largest absolute Gasteiger partial charge is 0.383 e. The summed E-state index contributed by atoms with van der Waals surface area (Å²) in [6.45, 7) is 5.75. The topological polar surface area (TPSA) is 109 Å². The Morgan fingerprint density at radius 3 is 1.80 bits per heavy atom. The van der Waals surface area contributed by atoms with Crippen molar-refractivity contribution in [3.8, 4) is 0 Å². The van der Waals surface area contributed by atoms with Crippen molar-refractivity contribution in [3.63, 3.8) is 0 Å². The van der Waals surface area contributed by atoms with Crippen molar-refractivity contribution in [1.29, 1.82) is 0 Å². The first kappa shape index (κ1) is 30.8. The van der Waals surface area contributed by atoms with Crippen LogP contribution >= 0.6 is 99.6 Å². The van der Waals surface area contributed by atoms with Crippen LogP contribution in [0.4, 0.5) is 0 Å². The molecule has 0 radical (unpaired) electrons. The molecule has 0 aliphatic rings. The summed E-state index contributed by atoms with van der Waals surface area (Å²) in [5, 5.41) is 26.8. The second-order valence-corrected chi connectivity index (χ2v) is 11.6. The van der Waals surface area contributed by atoms with E-state index < -0.39 is 6.10 Å². The molecule has 0 saturated carbocycles. The Morgan fingerprint density at radius 1 is 0.914 bits per heavy atom. The quantitative estimate of drug-likeness (QED) is 0.218. The summed E-state index contributed by atoms with van der Waals surface area (Å²) in [6.07, 6.45) is 7.13. The number of halogens is 5. The van der Waals surface area contributed by atoms with Gasteiger partial charge in [-0.1, -0.05) is 0 Å². The molecule has 4 heterocycles. The average Bonchev–Trinajstić information content (AvgIpc) is 3.55. The standard InChI is InChI=1S/C10H12BrIN4O.C5H6BrIN2.C5H5IN2O/c1-3-16-9(11)6(4-13-16)8(17)7-5-15(2)14-10(7)12;1-2-9-5(6)4(7)3-8-9;1-8-2-4(3-9)5(6)7-8/h4-5,8,17H,3H2,1-2H3;3H,2H2,1H3;2-3H,1H3. The lowest BCUT2D eigenvalue weighted by molar-refractivity contribution is 0.112. The highest BCUT2D eigenvalue weighted by Crippen LogP contribution is 2.30. The van der Waals surface area contributed by atoms with Crippen molar-refractivity contribution >= 4 is 106 Å². The zero-order valence-electron chi connectivity index (χ0n) is 19.2. The first-order valence-electron chi connectivity index (χ1n) is 10.1. The Balaban J connectivity index is 0.000000203. The molecular formula is C20H23Br2I3N8O2. The Hall–Kier alpha value is -0.380. The van der Waals surface area contributed by atoms with Crippen LogP contribution in [0, 0.1) is 11.0 Å². The van der Waals surface area contributed by atoms with Gasteiger partial charge in [0.1, 0.15) is 22.7 Å². The Bertz CT molecular complexity index is 1270. The van der Waals surface area contributed by atoms with E-state index in [0.29, 0.717) is 5.56 Å². The summed E-state index contributed by atoms with van der Waals surface area (Å²) >= 11 is 13.2. The summed E-state index contributed by atoms with van der Waals surface area (Å²) in [4.78, 5) is 10.2. The minimum absolute atomic E-state index is 0.651. The Labute approximate surface area is 260 Å². The van der Waals surface area contributed by atoms with Crippen molar-refractivity contribution in [1.82, 2.24) is 39.1 Å². The molecule has 190 valence electrons. The number of hydrogen-bond acceptors (Lipinski definition) is 6. The normalized spacial score (nSPS) is 11.4. The number of hydrogen-bond donors (Lipinski definition) is 1. The summed E-state index contributed by atoms with van der Waals surface area (Å²) in [6, 6.07) is 0. The molecule has 0 aliphatic carbocycles. The minimum atomic E-state index is -0.703. The number of aliphatic hydroxyl groups is 1. The molecule has 15 heteroatoms. The van der Waals surface area contributed by atoms with Gasteiger partial charge in [-0.2, -0.15) is 20.4 Å². The summed E-state index contributed by atoms with van der Waals surface area (Å²) in [5.41, 5.74) is 2.21. The fraction of sp³-hybridized carbons (Fsp3) is 0.350. The summed E-state index contributed by atoms with van der Waals surface area (Å²) in [5.74, 6) is 0. The van der Waals surface area contributed by atoms with Gasteiger partial charge in [0.05, 0.1) is 21.5 Å². The molecule has 4 aromatic heterocycles. The van der Waals surface area contributed by atoms with Crippen molar-refractivity contribution in [2.45, 2.75) is 33.0 Å². The average molecular weight is 948 g/mol. The molecule has 0 spiro atoms. The van der Waals surface area contributed by atoms with Crippen LogP contribution in [0.5, 0.6) is 0 Å². The van der Waals surface area contributed by atoms with E-state index in [1.54, 1.807) is 33.5 Å². The highest BCUT2D eigenvalue weighted by molar-refractivity contribution is 14.1. The van der Waals surface area contributed by atoms with E-state index in [2.05, 4.69) is 104 Å². The zero-order valence-corrected chi connectivity index (χ0v) is 28.8. The molecule has 4 rings (SSSR count). The van der Waals surface area contributed by atoms with Crippen LogP contribution in [-0.2, 0) is 27.2 Å². The maximum atomic E-state index is 10.3. The molecule has 10 nitrogen and oxygen atoms in total.